The van der Waals surface area contributed by atoms with E-state index >= 15 is 0 Å². The van der Waals surface area contributed by atoms with E-state index in [4.69, 9.17) is 18.9 Å². The van der Waals surface area contributed by atoms with Crippen LogP contribution in [0.2, 0.25) is 0 Å². The predicted molar refractivity (Wildman–Crippen MR) is 325 cm³/mol. The fraction of sp³-hybridized carbons (Fsp3) is 0.779. The van der Waals surface area contributed by atoms with Crippen LogP contribution in [0, 0.1) is 0 Å². The van der Waals surface area contributed by atoms with Crippen molar-refractivity contribution in [3.63, 3.8) is 0 Å². The van der Waals surface area contributed by atoms with Crippen LogP contribution >= 0.6 is 0 Å². The quantitative estimate of drug-likeness (QED) is 0.0195. The van der Waals surface area contributed by atoms with Gasteiger partial charge < -0.3 is 33.3 Å². The van der Waals surface area contributed by atoms with Gasteiger partial charge in [-0.1, -0.05) is 279 Å². The minimum absolute atomic E-state index is 0.148. The van der Waals surface area contributed by atoms with Crippen molar-refractivity contribution in [3.8, 4) is 0 Å². The molecule has 0 aliphatic rings. The molecule has 2 unspecified atom stereocenters. The van der Waals surface area contributed by atoms with Gasteiger partial charge in [0.1, 0.15) is 13.2 Å². The molecule has 9 nitrogen and oxygen atoms in total. The molecular weight excluding hydrogens is 959 g/mol. The molecule has 0 saturated carbocycles. The molecule has 77 heavy (non-hydrogen) atoms. The highest BCUT2D eigenvalue weighted by Gasteiger charge is 2.22. The maximum absolute atomic E-state index is 12.9. The van der Waals surface area contributed by atoms with E-state index in [0.717, 1.165) is 77.0 Å². The van der Waals surface area contributed by atoms with E-state index in [2.05, 4.69) is 86.8 Å². The Bertz CT molecular complexity index is 1490. The van der Waals surface area contributed by atoms with Crippen molar-refractivity contribution in [2.45, 2.75) is 296 Å². The summed E-state index contributed by atoms with van der Waals surface area (Å²) in [5.74, 6) is -2.27. The van der Waals surface area contributed by atoms with Gasteiger partial charge in [-0.3, -0.25) is 9.59 Å². The molecule has 0 fully saturated rings. The number of allylic oxidation sites excluding steroid dienone is 12. The van der Waals surface area contributed by atoms with Crippen LogP contribution in [0.15, 0.2) is 72.9 Å². The zero-order chi connectivity index (χ0) is 56.2. The number of esters is 2. The minimum Gasteiger partial charge on any atom is -0.545 e. The summed E-state index contributed by atoms with van der Waals surface area (Å²) in [5.41, 5.74) is 0. The van der Waals surface area contributed by atoms with Crippen molar-refractivity contribution < 1.29 is 42.9 Å². The Hall–Kier alpha value is -3.27. The number of carbonyl (C=O) groups is 3. The molecule has 0 N–H and O–H groups in total. The fourth-order valence-electron chi connectivity index (χ4n) is 9.07. The zero-order valence-electron chi connectivity index (χ0n) is 50.8. The molecule has 0 rings (SSSR count). The SMILES string of the molecule is CC/C=C\C/C=C\C/C=C\C/C=C\C/C=C\C/C=C\CCCCCCCCCCCCCCCCC(=O)OC(COC(=O)CCCCCCCCCCCCCCCCCCCCC)COC(OCC[N+](C)(C)C)C(=O)[O-]. The smallest absolute Gasteiger partial charge is 0.306 e. The molecule has 0 heterocycles. The van der Waals surface area contributed by atoms with Crippen LogP contribution in [-0.2, 0) is 33.3 Å². The van der Waals surface area contributed by atoms with E-state index in [-0.39, 0.29) is 32.2 Å². The van der Waals surface area contributed by atoms with Crippen molar-refractivity contribution in [2.75, 3.05) is 47.5 Å². The highest BCUT2D eigenvalue weighted by Crippen LogP contribution is 2.17. The first-order valence-corrected chi connectivity index (χ1v) is 32.1. The van der Waals surface area contributed by atoms with E-state index < -0.39 is 24.3 Å². The number of unbranched alkanes of at least 4 members (excludes halogenated alkanes) is 32. The fourth-order valence-corrected chi connectivity index (χ4v) is 9.07. The summed E-state index contributed by atoms with van der Waals surface area (Å²) in [7, 11) is 5.93. The number of nitrogens with zero attached hydrogens (tertiary/aromatic N) is 1. The topological polar surface area (TPSA) is 111 Å². The largest absolute Gasteiger partial charge is 0.545 e. The molecular formula is C68H121NO8. The van der Waals surface area contributed by atoms with E-state index in [0.29, 0.717) is 23.9 Å². The Labute approximate surface area is 475 Å². The second kappa shape index (κ2) is 58.9. The highest BCUT2D eigenvalue weighted by molar-refractivity contribution is 5.70. The molecule has 0 aromatic carbocycles. The van der Waals surface area contributed by atoms with Crippen LogP contribution in [0.4, 0.5) is 0 Å². The molecule has 0 aliphatic heterocycles. The molecule has 0 radical (unpaired) electrons. The Morgan fingerprint density at radius 2 is 0.740 bits per heavy atom. The number of hydrogen-bond donors (Lipinski definition) is 0. The Balaban J connectivity index is 4.13. The highest BCUT2D eigenvalue weighted by atomic mass is 16.7. The van der Waals surface area contributed by atoms with Gasteiger partial charge in [0.05, 0.1) is 40.3 Å². The number of carbonyl (C=O) groups excluding carboxylic acids is 3. The summed E-state index contributed by atoms with van der Waals surface area (Å²) in [5, 5.41) is 11.8. The van der Waals surface area contributed by atoms with Crippen molar-refractivity contribution in [1.82, 2.24) is 0 Å². The zero-order valence-corrected chi connectivity index (χ0v) is 50.8. The molecule has 0 saturated heterocycles. The van der Waals surface area contributed by atoms with E-state index in [1.54, 1.807) is 0 Å². The minimum atomic E-state index is -1.62. The summed E-state index contributed by atoms with van der Waals surface area (Å²) in [6.07, 6.45) is 73.9. The lowest BCUT2D eigenvalue weighted by molar-refractivity contribution is -0.870. The van der Waals surface area contributed by atoms with E-state index in [1.165, 1.54) is 173 Å². The molecule has 0 spiro atoms. The third kappa shape index (κ3) is 60.2. The summed E-state index contributed by atoms with van der Waals surface area (Å²) >= 11 is 0. The monoisotopic (exact) mass is 1080 g/mol. The number of likely N-dealkylation sites (N-methyl/N-ethyl adjacent to an activating group) is 1. The van der Waals surface area contributed by atoms with Crippen LogP contribution in [0.3, 0.4) is 0 Å². The van der Waals surface area contributed by atoms with Crippen LogP contribution < -0.4 is 5.11 Å². The molecule has 0 aromatic heterocycles. The molecule has 0 amide bonds. The molecule has 0 bridgehead atoms. The molecule has 0 aromatic rings. The Kier molecular flexibility index (Phi) is 56.4. The number of hydrogen-bond acceptors (Lipinski definition) is 8. The number of ether oxygens (including phenoxy) is 4. The van der Waals surface area contributed by atoms with Gasteiger partial charge in [0.2, 0.25) is 0 Å². The maximum Gasteiger partial charge on any atom is 0.306 e. The lowest BCUT2D eigenvalue weighted by Gasteiger charge is -2.26. The number of carboxylic acids is 1. The van der Waals surface area contributed by atoms with Crippen molar-refractivity contribution in [2.24, 2.45) is 0 Å². The van der Waals surface area contributed by atoms with Gasteiger partial charge in [-0.25, -0.2) is 0 Å². The standard InChI is InChI=1S/C68H121NO8/c1-6-8-10-12-14-16-18-20-22-24-26-27-28-29-30-31-32-33-34-35-36-37-38-39-41-43-45-47-49-51-53-55-57-59-66(71)77-64(63-76-68(67(72)73)74-61-60-69(3,4)5)62-75-65(70)58-56-54-52-50-48-46-44-42-40-25-23-21-19-17-15-13-11-9-7-2/h8,10,14,16,20,22,26-27,29-30,32-33,64,68H,6-7,9,11-13,15,17-19,21,23-25,28,31,34-63H2,1-5H3/b10-8-,16-14-,22-20-,27-26-,30-29-,33-32-. The number of carboxylic acid groups (broad SMARTS) is 1. The number of aliphatic carboxylic acids is 1. The van der Waals surface area contributed by atoms with Gasteiger partial charge in [0, 0.05) is 12.8 Å². The Morgan fingerprint density at radius 3 is 1.10 bits per heavy atom. The first-order chi connectivity index (χ1) is 37.6. The summed E-state index contributed by atoms with van der Waals surface area (Å²) in [6.45, 7) is 4.67. The molecule has 446 valence electrons. The van der Waals surface area contributed by atoms with Gasteiger partial charge in [-0.15, -0.1) is 0 Å². The number of quaternary nitrogens is 1. The Morgan fingerprint density at radius 1 is 0.403 bits per heavy atom. The van der Waals surface area contributed by atoms with Gasteiger partial charge in [-0.2, -0.15) is 0 Å². The van der Waals surface area contributed by atoms with Gasteiger partial charge in [-0.05, 0) is 64.2 Å². The van der Waals surface area contributed by atoms with Crippen LogP contribution in [0.1, 0.15) is 284 Å². The van der Waals surface area contributed by atoms with Crippen LogP contribution in [-0.4, -0.2) is 82.3 Å². The van der Waals surface area contributed by atoms with Crippen molar-refractivity contribution in [1.29, 1.82) is 0 Å². The van der Waals surface area contributed by atoms with E-state index in [1.807, 2.05) is 21.1 Å². The molecule has 9 heteroatoms. The second-order valence-electron chi connectivity index (χ2n) is 22.7. The predicted octanol–water partition coefficient (Wildman–Crippen LogP) is 18.0. The average molecular weight is 1080 g/mol. The third-order valence-electron chi connectivity index (χ3n) is 14.0. The van der Waals surface area contributed by atoms with Gasteiger partial charge in [0.15, 0.2) is 12.4 Å². The average Bonchev–Trinajstić information content (AvgIpc) is 3.40. The maximum atomic E-state index is 12.9. The third-order valence-corrected chi connectivity index (χ3v) is 14.0. The lowest BCUT2D eigenvalue weighted by atomic mass is 10.0. The van der Waals surface area contributed by atoms with Crippen molar-refractivity contribution >= 4 is 17.9 Å². The summed E-state index contributed by atoms with van der Waals surface area (Å²) in [6, 6.07) is 0. The molecule has 2 atom stereocenters. The first-order valence-electron chi connectivity index (χ1n) is 32.1. The van der Waals surface area contributed by atoms with Gasteiger partial charge >= 0.3 is 11.9 Å². The lowest BCUT2D eigenvalue weighted by Crippen LogP contribution is -2.44. The summed E-state index contributed by atoms with van der Waals surface area (Å²) in [4.78, 5) is 37.4. The first kappa shape index (κ1) is 73.7. The summed E-state index contributed by atoms with van der Waals surface area (Å²) < 4.78 is 22.8. The van der Waals surface area contributed by atoms with Crippen LogP contribution in [0.25, 0.3) is 0 Å². The molecule has 0 aliphatic carbocycles. The van der Waals surface area contributed by atoms with Crippen LogP contribution in [0.5, 0.6) is 0 Å². The van der Waals surface area contributed by atoms with Gasteiger partial charge in [0.25, 0.3) is 0 Å². The van der Waals surface area contributed by atoms with Crippen molar-refractivity contribution in [3.05, 3.63) is 72.9 Å². The second-order valence-corrected chi connectivity index (χ2v) is 22.7. The number of rotatable bonds is 59. The normalized spacial score (nSPS) is 13.2. The van der Waals surface area contributed by atoms with E-state index in [9.17, 15) is 19.5 Å².